The Hall–Kier alpha value is -2.15. The number of hydrogen-bond acceptors (Lipinski definition) is 6. The monoisotopic (exact) mass is 419 g/mol. The van der Waals surface area contributed by atoms with Crippen molar-refractivity contribution in [2.45, 2.75) is 24.3 Å². The van der Waals surface area contributed by atoms with E-state index in [0.29, 0.717) is 0 Å². The summed E-state index contributed by atoms with van der Waals surface area (Å²) >= 11 is 0. The summed E-state index contributed by atoms with van der Waals surface area (Å²) in [6.45, 7) is 2.74. The van der Waals surface area contributed by atoms with Gasteiger partial charge < -0.3 is 29.0 Å². The highest BCUT2D eigenvalue weighted by Gasteiger charge is 2.42. The van der Waals surface area contributed by atoms with Crippen molar-refractivity contribution in [1.82, 2.24) is 5.32 Å². The second-order valence-corrected chi connectivity index (χ2v) is 7.61. The van der Waals surface area contributed by atoms with Gasteiger partial charge in [-0.15, -0.1) is 12.4 Å². The van der Waals surface area contributed by atoms with Crippen LogP contribution in [0.5, 0.6) is 23.0 Å². The van der Waals surface area contributed by atoms with Gasteiger partial charge in [-0.25, -0.2) is 0 Å². The van der Waals surface area contributed by atoms with Crippen LogP contribution in [0.4, 0.5) is 0 Å². The van der Waals surface area contributed by atoms with Crippen LogP contribution in [0.3, 0.4) is 0 Å². The molecule has 0 amide bonds. The van der Waals surface area contributed by atoms with Crippen molar-refractivity contribution in [2.24, 2.45) is 0 Å². The van der Waals surface area contributed by atoms with Crippen LogP contribution in [-0.4, -0.2) is 40.8 Å². The minimum atomic E-state index is 0. The molecule has 2 aromatic carbocycles. The summed E-state index contributed by atoms with van der Waals surface area (Å²) in [5.74, 6) is 3.12. The van der Waals surface area contributed by atoms with E-state index in [1.807, 2.05) is 6.07 Å². The Balaban J connectivity index is 0.00000205. The fourth-order valence-electron chi connectivity index (χ4n) is 4.69. The molecule has 3 aliphatic heterocycles. The lowest BCUT2D eigenvalue weighted by Crippen LogP contribution is -2.48. The number of rotatable bonds is 3. The number of ether oxygens (including phenoxy) is 5. The summed E-state index contributed by atoms with van der Waals surface area (Å²) in [4.78, 5) is 0. The highest BCUT2D eigenvalue weighted by Crippen LogP contribution is 2.48. The van der Waals surface area contributed by atoms with E-state index in [0.717, 1.165) is 61.2 Å². The summed E-state index contributed by atoms with van der Waals surface area (Å²) in [5.41, 5.74) is 3.76. The quantitative estimate of drug-likeness (QED) is 0.820. The maximum absolute atomic E-state index is 5.66. The lowest BCUT2D eigenvalue weighted by molar-refractivity contribution is 0.0460. The van der Waals surface area contributed by atoms with E-state index in [1.165, 1.54) is 11.1 Å². The molecule has 1 N–H and O–H groups in total. The Morgan fingerprint density at radius 1 is 0.966 bits per heavy atom. The van der Waals surface area contributed by atoms with Crippen LogP contribution >= 0.6 is 12.4 Å². The topological polar surface area (TPSA) is 58.2 Å². The van der Waals surface area contributed by atoms with Gasteiger partial charge in [0.05, 0.1) is 20.3 Å². The first-order valence-corrected chi connectivity index (χ1v) is 9.71. The molecule has 3 heterocycles. The van der Waals surface area contributed by atoms with Crippen LogP contribution in [-0.2, 0) is 10.2 Å². The van der Waals surface area contributed by atoms with Crippen molar-refractivity contribution in [3.05, 3.63) is 47.0 Å². The third-order valence-electron chi connectivity index (χ3n) is 6.26. The minimum absolute atomic E-state index is 0. The smallest absolute Gasteiger partial charge is 0.231 e. The summed E-state index contributed by atoms with van der Waals surface area (Å²) in [6, 6.07) is 10.5. The Kier molecular flexibility index (Phi) is 5.51. The van der Waals surface area contributed by atoms with Gasteiger partial charge in [0.2, 0.25) is 6.79 Å². The van der Waals surface area contributed by atoms with Crippen LogP contribution in [0.1, 0.15) is 35.6 Å². The molecule has 3 aliphatic rings. The Labute approximate surface area is 176 Å². The molecule has 1 atom stereocenters. The maximum atomic E-state index is 5.66. The number of methoxy groups -OCH3 is 2. The van der Waals surface area contributed by atoms with Crippen molar-refractivity contribution in [3.8, 4) is 23.0 Å². The Morgan fingerprint density at radius 3 is 2.45 bits per heavy atom. The fraction of sp³-hybridized carbons (Fsp3) is 0.455. The highest BCUT2D eigenvalue weighted by molar-refractivity contribution is 5.85. The fourth-order valence-corrected chi connectivity index (χ4v) is 4.69. The average Bonchev–Trinajstić information content (AvgIpc) is 3.22. The van der Waals surface area contributed by atoms with Gasteiger partial charge in [0, 0.05) is 25.2 Å². The second kappa shape index (κ2) is 7.94. The zero-order valence-corrected chi connectivity index (χ0v) is 17.5. The van der Waals surface area contributed by atoms with E-state index in [2.05, 4.69) is 29.6 Å². The maximum Gasteiger partial charge on any atom is 0.231 e. The first-order chi connectivity index (χ1) is 13.7. The number of benzene rings is 2. The number of fused-ring (bicyclic) bond motifs is 3. The molecule has 7 heteroatoms. The van der Waals surface area contributed by atoms with Gasteiger partial charge in [-0.1, -0.05) is 6.07 Å². The Bertz CT molecular complexity index is 897. The minimum Gasteiger partial charge on any atom is -0.493 e. The van der Waals surface area contributed by atoms with Crippen LogP contribution in [0.2, 0.25) is 0 Å². The molecule has 156 valence electrons. The average molecular weight is 420 g/mol. The third-order valence-corrected chi connectivity index (χ3v) is 6.26. The van der Waals surface area contributed by atoms with Crippen LogP contribution < -0.4 is 24.3 Å². The SMILES string of the molecule is COc1cc2c(cc1OC)C1(CCOCC1)CNC2c1ccc2c(c1)OCO2.Cl. The van der Waals surface area contributed by atoms with E-state index in [-0.39, 0.29) is 30.7 Å². The zero-order valence-electron chi connectivity index (χ0n) is 16.7. The molecule has 0 aliphatic carbocycles. The van der Waals surface area contributed by atoms with E-state index in [9.17, 15) is 0 Å². The largest absolute Gasteiger partial charge is 0.493 e. The lowest BCUT2D eigenvalue weighted by Gasteiger charge is -2.45. The third kappa shape index (κ3) is 3.29. The van der Waals surface area contributed by atoms with E-state index in [4.69, 9.17) is 23.7 Å². The van der Waals surface area contributed by atoms with Crippen molar-refractivity contribution in [1.29, 1.82) is 0 Å². The normalized spacial score (nSPS) is 21.2. The molecular formula is C22H26ClNO5. The molecule has 29 heavy (non-hydrogen) atoms. The van der Waals surface area contributed by atoms with E-state index >= 15 is 0 Å². The highest BCUT2D eigenvalue weighted by atomic mass is 35.5. The van der Waals surface area contributed by atoms with Gasteiger partial charge in [0.1, 0.15) is 0 Å². The van der Waals surface area contributed by atoms with Crippen LogP contribution in [0, 0.1) is 0 Å². The Morgan fingerprint density at radius 2 is 1.69 bits per heavy atom. The first kappa shape index (κ1) is 20.1. The second-order valence-electron chi connectivity index (χ2n) is 7.61. The summed E-state index contributed by atoms with van der Waals surface area (Å²) in [7, 11) is 3.37. The first-order valence-electron chi connectivity index (χ1n) is 9.71. The predicted molar refractivity (Wildman–Crippen MR) is 111 cm³/mol. The lowest BCUT2D eigenvalue weighted by atomic mass is 9.68. The molecule has 6 nitrogen and oxygen atoms in total. The molecular weight excluding hydrogens is 394 g/mol. The van der Waals surface area contributed by atoms with Crippen LogP contribution in [0.15, 0.2) is 30.3 Å². The molecule has 5 rings (SSSR count). The number of hydrogen-bond donors (Lipinski definition) is 1. The molecule has 1 spiro atoms. The van der Waals surface area contributed by atoms with Gasteiger partial charge in [-0.2, -0.15) is 0 Å². The summed E-state index contributed by atoms with van der Waals surface area (Å²) < 4.78 is 28.0. The summed E-state index contributed by atoms with van der Waals surface area (Å²) in [6.07, 6.45) is 1.99. The molecule has 0 radical (unpaired) electrons. The van der Waals surface area contributed by atoms with Gasteiger partial charge in [-0.05, 0) is 53.8 Å². The number of nitrogens with one attached hydrogen (secondary N) is 1. The van der Waals surface area contributed by atoms with Gasteiger partial charge >= 0.3 is 0 Å². The van der Waals surface area contributed by atoms with Crippen molar-refractivity contribution >= 4 is 12.4 Å². The van der Waals surface area contributed by atoms with E-state index in [1.54, 1.807) is 14.2 Å². The van der Waals surface area contributed by atoms with Gasteiger partial charge in [-0.3, -0.25) is 0 Å². The molecule has 1 fully saturated rings. The molecule has 1 unspecified atom stereocenters. The molecule has 0 aromatic heterocycles. The standard InChI is InChI=1S/C22H25NO5.ClH/c1-24-18-10-15-16(11-19(18)25-2)22(5-7-26-8-6-22)12-23-21(15)14-3-4-17-20(9-14)28-13-27-17;/h3-4,9-11,21,23H,5-8,12-13H2,1-2H3;1H. The summed E-state index contributed by atoms with van der Waals surface area (Å²) in [5, 5.41) is 3.78. The predicted octanol–water partition coefficient (Wildman–Crippen LogP) is 3.60. The molecule has 0 bridgehead atoms. The van der Waals surface area contributed by atoms with Gasteiger partial charge in [0.25, 0.3) is 0 Å². The molecule has 0 saturated carbocycles. The number of halogens is 1. The van der Waals surface area contributed by atoms with Crippen molar-refractivity contribution in [2.75, 3.05) is 40.8 Å². The van der Waals surface area contributed by atoms with Crippen molar-refractivity contribution < 1.29 is 23.7 Å². The van der Waals surface area contributed by atoms with Crippen molar-refractivity contribution in [3.63, 3.8) is 0 Å². The van der Waals surface area contributed by atoms with E-state index < -0.39 is 0 Å². The molecule has 2 aromatic rings. The zero-order chi connectivity index (χ0) is 19.1. The van der Waals surface area contributed by atoms with Crippen LogP contribution in [0.25, 0.3) is 0 Å². The van der Waals surface area contributed by atoms with Gasteiger partial charge in [0.15, 0.2) is 23.0 Å². The molecule has 1 saturated heterocycles.